The molecule has 7 nitrogen and oxygen atoms in total. The van der Waals surface area contributed by atoms with Gasteiger partial charge in [0.2, 0.25) is 0 Å². The number of benzene rings is 1. The Kier molecular flexibility index (Phi) is 6.84. The Labute approximate surface area is 162 Å². The number of carbonyl (C=O) groups is 2. The first-order valence-electron chi connectivity index (χ1n) is 9.32. The monoisotopic (exact) mass is 376 g/mol. The van der Waals surface area contributed by atoms with E-state index in [2.05, 4.69) is 9.80 Å². The Bertz CT molecular complexity index is 674. The third-order valence-corrected chi connectivity index (χ3v) is 4.40. The lowest BCUT2D eigenvalue weighted by Crippen LogP contribution is -2.48. The van der Waals surface area contributed by atoms with E-state index in [-0.39, 0.29) is 11.9 Å². The number of nitrogens with two attached hydrogens (primary N) is 1. The Morgan fingerprint density at radius 2 is 1.70 bits per heavy atom. The van der Waals surface area contributed by atoms with Gasteiger partial charge in [0, 0.05) is 58.1 Å². The van der Waals surface area contributed by atoms with Crippen LogP contribution in [0.4, 0.5) is 5.69 Å². The number of hydrogen-bond acceptors (Lipinski definition) is 6. The van der Waals surface area contributed by atoms with Gasteiger partial charge in [-0.15, -0.1) is 0 Å². The van der Waals surface area contributed by atoms with Gasteiger partial charge in [-0.3, -0.25) is 19.4 Å². The van der Waals surface area contributed by atoms with Crippen LogP contribution in [0.1, 0.15) is 36.7 Å². The number of nitrogen functional groups attached to an aromatic ring is 1. The van der Waals surface area contributed by atoms with Crippen molar-refractivity contribution in [2.24, 2.45) is 0 Å². The zero-order valence-corrected chi connectivity index (χ0v) is 17.1. The van der Waals surface area contributed by atoms with Gasteiger partial charge in [-0.25, -0.2) is 0 Å². The van der Waals surface area contributed by atoms with E-state index in [1.807, 2.05) is 26.8 Å². The maximum absolute atomic E-state index is 12.4. The van der Waals surface area contributed by atoms with Crippen molar-refractivity contribution < 1.29 is 14.3 Å². The van der Waals surface area contributed by atoms with Crippen molar-refractivity contribution >= 4 is 17.6 Å². The summed E-state index contributed by atoms with van der Waals surface area (Å²) in [5.41, 5.74) is 7.76. The van der Waals surface area contributed by atoms with Crippen molar-refractivity contribution in [3.05, 3.63) is 29.3 Å². The molecule has 1 amide bonds. The van der Waals surface area contributed by atoms with Crippen LogP contribution in [0, 0.1) is 0 Å². The summed E-state index contributed by atoms with van der Waals surface area (Å²) in [6, 6.07) is 5.44. The lowest BCUT2D eigenvalue weighted by molar-refractivity contribution is -0.156. The van der Waals surface area contributed by atoms with Crippen LogP contribution in [0.15, 0.2) is 18.2 Å². The molecule has 7 heteroatoms. The first kappa shape index (κ1) is 21.2. The van der Waals surface area contributed by atoms with Crippen molar-refractivity contribution in [3.8, 4) is 0 Å². The fourth-order valence-electron chi connectivity index (χ4n) is 3.10. The van der Waals surface area contributed by atoms with E-state index in [1.54, 1.807) is 31.1 Å². The molecule has 1 aromatic carbocycles. The van der Waals surface area contributed by atoms with Crippen LogP contribution in [-0.4, -0.2) is 79.0 Å². The lowest BCUT2D eigenvalue weighted by atomic mass is 10.0. The number of esters is 1. The van der Waals surface area contributed by atoms with E-state index in [0.29, 0.717) is 24.3 Å². The van der Waals surface area contributed by atoms with E-state index in [0.717, 1.165) is 31.7 Å². The second-order valence-corrected chi connectivity index (χ2v) is 8.25. The zero-order valence-electron chi connectivity index (χ0n) is 17.1. The molecule has 1 aliphatic rings. The summed E-state index contributed by atoms with van der Waals surface area (Å²) in [5.74, 6) is -0.209. The Balaban J connectivity index is 1.93. The first-order chi connectivity index (χ1) is 12.5. The predicted molar refractivity (Wildman–Crippen MR) is 106 cm³/mol. The molecule has 1 heterocycles. The number of piperazine rings is 1. The SMILES string of the molecule is CN(C)C(=O)c1ccc(N)cc1CN1CCN(CC(=O)OC(C)(C)C)CC1. The summed E-state index contributed by atoms with van der Waals surface area (Å²) < 4.78 is 5.39. The van der Waals surface area contributed by atoms with Gasteiger partial charge in [0.1, 0.15) is 5.60 Å². The Hall–Kier alpha value is -2.12. The average Bonchev–Trinajstić information content (AvgIpc) is 2.54. The summed E-state index contributed by atoms with van der Waals surface area (Å²) in [7, 11) is 3.50. The molecule has 150 valence electrons. The summed E-state index contributed by atoms with van der Waals surface area (Å²) in [6.45, 7) is 9.84. The number of ether oxygens (including phenoxy) is 1. The lowest BCUT2D eigenvalue weighted by Gasteiger charge is -2.35. The molecule has 0 spiro atoms. The van der Waals surface area contributed by atoms with Gasteiger partial charge in [0.05, 0.1) is 6.54 Å². The molecule has 27 heavy (non-hydrogen) atoms. The highest BCUT2D eigenvalue weighted by atomic mass is 16.6. The average molecular weight is 377 g/mol. The molecule has 0 saturated carbocycles. The van der Waals surface area contributed by atoms with E-state index in [4.69, 9.17) is 10.5 Å². The standard InChI is InChI=1S/C20H32N4O3/c1-20(2,3)27-18(25)14-24-10-8-23(9-11-24)13-15-12-16(21)6-7-17(15)19(26)22(4)5/h6-7,12H,8-11,13-14,21H2,1-5H3. The van der Waals surface area contributed by atoms with Crippen molar-refractivity contribution in [3.63, 3.8) is 0 Å². The van der Waals surface area contributed by atoms with Crippen LogP contribution in [0.5, 0.6) is 0 Å². The molecular formula is C20H32N4O3. The van der Waals surface area contributed by atoms with E-state index < -0.39 is 5.60 Å². The van der Waals surface area contributed by atoms with Crippen molar-refractivity contribution in [2.75, 3.05) is 52.6 Å². The zero-order chi connectivity index (χ0) is 20.2. The minimum atomic E-state index is -0.457. The number of anilines is 1. The third kappa shape index (κ3) is 6.52. The quantitative estimate of drug-likeness (QED) is 0.619. The third-order valence-electron chi connectivity index (χ3n) is 4.40. The van der Waals surface area contributed by atoms with Gasteiger partial charge in [0.15, 0.2) is 0 Å². The van der Waals surface area contributed by atoms with Gasteiger partial charge in [-0.2, -0.15) is 0 Å². The summed E-state index contributed by atoms with van der Waals surface area (Å²) in [6.07, 6.45) is 0. The fourth-order valence-corrected chi connectivity index (χ4v) is 3.10. The largest absolute Gasteiger partial charge is 0.459 e. The number of carbonyl (C=O) groups excluding carboxylic acids is 2. The molecule has 0 unspecified atom stereocenters. The number of hydrogen-bond donors (Lipinski definition) is 1. The van der Waals surface area contributed by atoms with Crippen LogP contribution in [0.2, 0.25) is 0 Å². The minimum Gasteiger partial charge on any atom is -0.459 e. The van der Waals surface area contributed by atoms with E-state index in [1.165, 1.54) is 0 Å². The maximum atomic E-state index is 12.4. The van der Waals surface area contributed by atoms with Crippen molar-refractivity contribution in [1.82, 2.24) is 14.7 Å². The van der Waals surface area contributed by atoms with Gasteiger partial charge >= 0.3 is 5.97 Å². The molecule has 2 N–H and O–H groups in total. The van der Waals surface area contributed by atoms with Crippen LogP contribution in [0.25, 0.3) is 0 Å². The molecular weight excluding hydrogens is 344 g/mol. The number of rotatable bonds is 5. The van der Waals surface area contributed by atoms with Gasteiger partial charge < -0.3 is 15.4 Å². The summed E-state index contributed by atoms with van der Waals surface area (Å²) >= 11 is 0. The number of nitrogens with zero attached hydrogens (tertiary/aromatic N) is 3. The molecule has 1 aromatic rings. The molecule has 1 fully saturated rings. The molecule has 0 aliphatic carbocycles. The Morgan fingerprint density at radius 1 is 1.11 bits per heavy atom. The molecule has 1 saturated heterocycles. The summed E-state index contributed by atoms with van der Waals surface area (Å²) in [5, 5.41) is 0. The molecule has 0 radical (unpaired) electrons. The first-order valence-corrected chi connectivity index (χ1v) is 9.32. The van der Waals surface area contributed by atoms with Crippen molar-refractivity contribution in [1.29, 1.82) is 0 Å². The molecule has 0 aromatic heterocycles. The summed E-state index contributed by atoms with van der Waals surface area (Å²) in [4.78, 5) is 30.4. The van der Waals surface area contributed by atoms with Crippen LogP contribution >= 0.6 is 0 Å². The van der Waals surface area contributed by atoms with Crippen molar-refractivity contribution in [2.45, 2.75) is 32.9 Å². The minimum absolute atomic E-state index is 0.0199. The van der Waals surface area contributed by atoms with E-state index >= 15 is 0 Å². The molecule has 0 bridgehead atoms. The second-order valence-electron chi connectivity index (χ2n) is 8.25. The van der Waals surface area contributed by atoms with Gasteiger partial charge in [-0.05, 0) is 44.5 Å². The normalized spacial score (nSPS) is 16.2. The highest BCUT2D eigenvalue weighted by Gasteiger charge is 2.23. The van der Waals surface area contributed by atoms with Gasteiger partial charge in [0.25, 0.3) is 5.91 Å². The van der Waals surface area contributed by atoms with Crippen LogP contribution < -0.4 is 5.73 Å². The van der Waals surface area contributed by atoms with Gasteiger partial charge in [-0.1, -0.05) is 0 Å². The molecule has 0 atom stereocenters. The smallest absolute Gasteiger partial charge is 0.320 e. The highest BCUT2D eigenvalue weighted by Crippen LogP contribution is 2.18. The highest BCUT2D eigenvalue weighted by molar-refractivity contribution is 5.95. The predicted octanol–water partition coefficient (Wildman–Crippen LogP) is 1.43. The van der Waals surface area contributed by atoms with E-state index in [9.17, 15) is 9.59 Å². The molecule has 2 rings (SSSR count). The molecule has 1 aliphatic heterocycles. The van der Waals surface area contributed by atoms with Crippen LogP contribution in [0.3, 0.4) is 0 Å². The number of amides is 1. The second kappa shape index (κ2) is 8.71. The van der Waals surface area contributed by atoms with Crippen LogP contribution in [-0.2, 0) is 16.1 Å². The maximum Gasteiger partial charge on any atom is 0.320 e. The topological polar surface area (TPSA) is 79.1 Å². The Morgan fingerprint density at radius 3 is 2.26 bits per heavy atom. The fraction of sp³-hybridized carbons (Fsp3) is 0.600.